The van der Waals surface area contributed by atoms with Crippen LogP contribution in [0.2, 0.25) is 0 Å². The van der Waals surface area contributed by atoms with E-state index >= 15 is 0 Å². The molecule has 0 spiro atoms. The minimum Gasteiger partial charge on any atom is -0.638 e. The summed E-state index contributed by atoms with van der Waals surface area (Å²) in [6, 6.07) is 22.3. The normalized spacial score (nSPS) is 10.3. The first-order chi connectivity index (χ1) is 24.0. The van der Waals surface area contributed by atoms with Crippen LogP contribution in [0.1, 0.15) is 20.8 Å². The van der Waals surface area contributed by atoms with E-state index < -0.39 is 6.48 Å². The van der Waals surface area contributed by atoms with E-state index in [4.69, 9.17) is 17.5 Å². The van der Waals surface area contributed by atoms with Crippen LogP contribution >= 0.6 is 0 Å². The Morgan fingerprint density at radius 2 is 1.31 bits per heavy atom. The summed E-state index contributed by atoms with van der Waals surface area (Å²) in [6.45, 7) is 3.58. The molecule has 3 rings (SSSR count). The van der Waals surface area contributed by atoms with E-state index in [1.807, 2.05) is 67.6 Å². The number of nitrogens with one attached hydrogen (secondary N) is 2. The second kappa shape index (κ2) is 22.7. The molecule has 0 bridgehead atoms. The number of allylic oxidation sites excluding steroid dienone is 1. The molecular weight excluding hydrogens is 600 g/mol. The molecule has 1 heterocycles. The zero-order chi connectivity index (χ0) is 35.4. The van der Waals surface area contributed by atoms with Crippen LogP contribution in [-0.2, 0) is 9.45 Å². The van der Waals surface area contributed by atoms with Gasteiger partial charge in [0.05, 0.1) is 6.54 Å². The Labute approximate surface area is 290 Å². The van der Waals surface area contributed by atoms with Gasteiger partial charge in [0.15, 0.2) is 11.7 Å². The van der Waals surface area contributed by atoms with Crippen LogP contribution in [0, 0.1) is 131 Å². The van der Waals surface area contributed by atoms with Crippen molar-refractivity contribution in [2.75, 3.05) is 6.54 Å². The number of rotatable bonds is 5. The number of carbonyl (C=O) groups is 1. The van der Waals surface area contributed by atoms with E-state index in [0.717, 1.165) is 16.6 Å². The first kappa shape index (κ1) is 37.4. The smallest absolute Gasteiger partial charge is 0.638 e. The van der Waals surface area contributed by atoms with E-state index in [1.54, 1.807) is 6.92 Å². The number of nitrogens with zero attached hydrogens (tertiary/aromatic N) is 1. The van der Waals surface area contributed by atoms with Gasteiger partial charge in [0.1, 0.15) is 11.3 Å². The van der Waals surface area contributed by atoms with E-state index in [9.17, 15) is 4.79 Å². The van der Waals surface area contributed by atoms with Gasteiger partial charge in [0, 0.05) is 6.92 Å². The minimum absolute atomic E-state index is 0.0833. The molecule has 5 nitrogen and oxygen atoms in total. The predicted molar refractivity (Wildman–Crippen MR) is 198 cm³/mol. The number of hydrogen-bond donors (Lipinski definition) is 2. The summed E-state index contributed by atoms with van der Waals surface area (Å²) in [6.07, 6.45) is 10.3. The van der Waals surface area contributed by atoms with Gasteiger partial charge in [-0.1, -0.05) is 77.5 Å². The topological polar surface area (TPSA) is 64.7 Å². The molecule has 0 amide bonds. The zero-order valence-electron chi connectivity index (χ0n) is 27.1. The molecule has 226 valence electrons. The van der Waals surface area contributed by atoms with Crippen molar-refractivity contribution in [1.29, 1.82) is 0 Å². The second-order valence-electron chi connectivity index (χ2n) is 9.10. The molecule has 0 atom stereocenters. The molecule has 0 fully saturated rings. The second-order valence-corrected chi connectivity index (χ2v) is 9.10. The average molecular weight is 625 g/mol. The van der Waals surface area contributed by atoms with E-state index in [2.05, 4.69) is 134 Å². The molecule has 2 aromatic rings. The average Bonchev–Trinajstić information content (AvgIpc) is 3.12. The SMILES string of the molecule is C#CC#CC#CC#CC#CB=NC#CC#CC#CC#CC#CC.C#CCNC1=C(C(C)=O)C(C)=[NH+][B-](c2ccccc2)(c2ccccc2)O1. The Bertz CT molecular complexity index is 2280. The van der Waals surface area contributed by atoms with Crippen molar-refractivity contribution < 1.29 is 14.4 Å². The van der Waals surface area contributed by atoms with Crippen molar-refractivity contribution in [3.05, 3.63) is 72.1 Å². The van der Waals surface area contributed by atoms with Gasteiger partial charge in [-0.25, -0.2) is 0 Å². The molecule has 2 N–H and O–H groups in total. The molecule has 0 saturated carbocycles. The summed E-state index contributed by atoms with van der Waals surface area (Å²) in [5.74, 6) is 47.4. The predicted octanol–water partition coefficient (Wildman–Crippen LogP) is 0.311. The van der Waals surface area contributed by atoms with Crippen molar-refractivity contribution in [3.8, 4) is 131 Å². The van der Waals surface area contributed by atoms with Gasteiger partial charge in [-0.2, -0.15) is 0 Å². The van der Waals surface area contributed by atoms with E-state index in [-0.39, 0.29) is 12.3 Å². The third kappa shape index (κ3) is 13.4. The number of ketones is 1. The fourth-order valence-corrected chi connectivity index (χ4v) is 4.08. The van der Waals surface area contributed by atoms with E-state index in [0.29, 0.717) is 11.5 Å². The fraction of sp³-hybridized carbons (Fsp3) is 0.0952. The molecule has 2 aromatic carbocycles. The Balaban J connectivity index is 0.000000344. The van der Waals surface area contributed by atoms with Crippen LogP contribution in [0.4, 0.5) is 0 Å². The number of hydrogen-bond acceptors (Lipinski definition) is 4. The molecule has 0 radical (unpaired) electrons. The fourth-order valence-electron chi connectivity index (χ4n) is 4.08. The van der Waals surface area contributed by atoms with Crippen LogP contribution in [0.15, 0.2) is 77.0 Å². The number of Topliss-reactive ketones (excluding diaryl/α,β-unsaturated/α-hetero) is 1. The van der Waals surface area contributed by atoms with E-state index in [1.165, 1.54) is 14.0 Å². The van der Waals surface area contributed by atoms with Crippen LogP contribution in [0.3, 0.4) is 0 Å². The molecule has 49 heavy (non-hydrogen) atoms. The van der Waals surface area contributed by atoms with Crippen molar-refractivity contribution in [2.24, 2.45) is 4.90 Å². The first-order valence-electron chi connectivity index (χ1n) is 14.4. The molecule has 0 aliphatic carbocycles. The third-order valence-corrected chi connectivity index (χ3v) is 5.89. The standard InChI is InChI=1S/C21H21BN2O2.C21H4BN/c1-4-15-23-21-20(17(3)25)16(2)24-22(26-21,18-11-7-5-8-12-18)19-13-9-6-10-14-19;1-3-5-7-9-11-13-15-17-19-21-23-22-20-18-16-14-12-10-8-6-4-2/h1,5-14,23-24H,15H2,2-3H3;2H,1H3. The molecule has 0 unspecified atom stereocenters. The van der Waals surface area contributed by atoms with Gasteiger partial charge >= 0.3 is 144 Å². The maximum atomic E-state index is 12.2. The van der Waals surface area contributed by atoms with Gasteiger partial charge in [0.2, 0.25) is 0 Å². The zero-order valence-corrected chi connectivity index (χ0v) is 27.1. The summed E-state index contributed by atoms with van der Waals surface area (Å²) in [7, 11) is 1.30. The summed E-state index contributed by atoms with van der Waals surface area (Å²) >= 11 is 0. The summed E-state index contributed by atoms with van der Waals surface area (Å²) in [5, 5.41) is 3.08. The van der Waals surface area contributed by atoms with Crippen molar-refractivity contribution >= 4 is 36.0 Å². The molecule has 1 aliphatic rings. The van der Waals surface area contributed by atoms with Gasteiger partial charge < -0.3 is 14.9 Å². The monoisotopic (exact) mass is 625 g/mol. The Morgan fingerprint density at radius 3 is 1.82 bits per heavy atom. The molecule has 0 aromatic heterocycles. The van der Waals surface area contributed by atoms with Crippen LogP contribution in [0.25, 0.3) is 0 Å². The first-order valence-corrected chi connectivity index (χ1v) is 14.4. The van der Waals surface area contributed by atoms with Gasteiger partial charge in [0.25, 0.3) is 0 Å². The Hall–Kier alpha value is -7.79. The molecule has 1 aliphatic heterocycles. The summed E-state index contributed by atoms with van der Waals surface area (Å²) < 4.78 is 6.48. The van der Waals surface area contributed by atoms with Crippen LogP contribution in [-0.4, -0.2) is 31.6 Å². The Kier molecular flexibility index (Phi) is 17.3. The summed E-state index contributed by atoms with van der Waals surface area (Å²) in [4.78, 5) is 19.4. The molecule has 7 heteroatoms. The van der Waals surface area contributed by atoms with Gasteiger partial charge in [-0.3, -0.25) is 4.79 Å². The van der Waals surface area contributed by atoms with Crippen molar-refractivity contribution in [3.63, 3.8) is 0 Å². The number of terminal acetylenes is 2. The molecule has 0 saturated heterocycles. The van der Waals surface area contributed by atoms with Crippen LogP contribution < -0.4 is 21.1 Å². The van der Waals surface area contributed by atoms with Gasteiger partial charge in [-0.15, -0.1) is 6.42 Å². The maximum absolute atomic E-state index is 12.2. The van der Waals surface area contributed by atoms with Gasteiger partial charge in [-0.05, 0) is 6.92 Å². The van der Waals surface area contributed by atoms with Crippen molar-refractivity contribution in [1.82, 2.24) is 5.32 Å². The number of carbonyl (C=O) groups excluding carboxylic acids is 1. The third-order valence-electron chi connectivity index (χ3n) is 5.89. The Morgan fingerprint density at radius 1 is 0.796 bits per heavy atom. The quantitative estimate of drug-likeness (QED) is 0.372. The minimum atomic E-state index is -1.80. The number of benzene rings is 2. The molecular formula is C42H25B2N3O2. The van der Waals surface area contributed by atoms with Crippen LogP contribution in [0.5, 0.6) is 0 Å². The van der Waals surface area contributed by atoms with Crippen molar-refractivity contribution in [2.45, 2.75) is 20.8 Å². The summed E-state index contributed by atoms with van der Waals surface area (Å²) in [5.41, 5.74) is 3.22.